The molecule has 1 aliphatic rings. The van der Waals surface area contributed by atoms with E-state index in [9.17, 15) is 4.79 Å². The van der Waals surface area contributed by atoms with Crippen molar-refractivity contribution in [1.29, 1.82) is 0 Å². The fourth-order valence-electron chi connectivity index (χ4n) is 2.59. The average molecular weight is 273 g/mol. The second-order valence-electron chi connectivity index (χ2n) is 6.19. The van der Waals surface area contributed by atoms with Gasteiger partial charge in [-0.1, -0.05) is 30.3 Å². The van der Waals surface area contributed by atoms with Crippen LogP contribution in [0.2, 0.25) is 0 Å². The number of nitrogens with zero attached hydrogens (tertiary/aromatic N) is 1. The second-order valence-corrected chi connectivity index (χ2v) is 6.19. The minimum atomic E-state index is -0.468. The van der Waals surface area contributed by atoms with Gasteiger partial charge in [-0.3, -0.25) is 4.90 Å². The lowest BCUT2D eigenvalue weighted by Gasteiger charge is -2.37. The quantitative estimate of drug-likeness (QED) is 0.708. The molecule has 0 bridgehead atoms. The molecule has 0 aromatic heterocycles. The molecule has 1 heterocycles. The molecular formula is C17H23NO2. The minimum absolute atomic E-state index is 0.0322. The molecular weight excluding hydrogens is 250 g/mol. The van der Waals surface area contributed by atoms with Crippen LogP contribution in [-0.2, 0) is 11.3 Å². The van der Waals surface area contributed by atoms with E-state index in [4.69, 9.17) is 4.74 Å². The maximum Gasteiger partial charge on any atom is 0.411 e. The van der Waals surface area contributed by atoms with Gasteiger partial charge < -0.3 is 4.74 Å². The molecule has 2 rings (SSSR count). The molecule has 108 valence electrons. The maximum atomic E-state index is 12.4. The van der Waals surface area contributed by atoms with E-state index >= 15 is 0 Å². The van der Waals surface area contributed by atoms with Crippen LogP contribution in [0.1, 0.15) is 45.7 Å². The Kier molecular flexibility index (Phi) is 3.89. The zero-order valence-corrected chi connectivity index (χ0v) is 12.9. The summed E-state index contributed by atoms with van der Waals surface area (Å²) in [6.07, 6.45) is 1.83. The molecule has 1 aromatic carbocycles. The summed E-state index contributed by atoms with van der Waals surface area (Å²) >= 11 is 0. The van der Waals surface area contributed by atoms with E-state index in [2.05, 4.69) is 25.1 Å². The van der Waals surface area contributed by atoms with Crippen LogP contribution in [0.5, 0.6) is 0 Å². The first-order chi connectivity index (χ1) is 9.33. The van der Waals surface area contributed by atoms with Gasteiger partial charge in [-0.05, 0) is 51.3 Å². The third kappa shape index (κ3) is 2.87. The Morgan fingerprint density at radius 3 is 2.60 bits per heavy atom. The van der Waals surface area contributed by atoms with Crippen molar-refractivity contribution in [3.63, 3.8) is 0 Å². The lowest BCUT2D eigenvalue weighted by Crippen LogP contribution is -2.44. The Morgan fingerprint density at radius 1 is 1.35 bits per heavy atom. The molecule has 0 saturated carbocycles. The van der Waals surface area contributed by atoms with Gasteiger partial charge in [0.05, 0.1) is 12.6 Å². The van der Waals surface area contributed by atoms with Crippen LogP contribution < -0.4 is 0 Å². The third-order valence-corrected chi connectivity index (χ3v) is 3.53. The van der Waals surface area contributed by atoms with Crippen LogP contribution in [0.3, 0.4) is 0 Å². The van der Waals surface area contributed by atoms with E-state index < -0.39 is 5.60 Å². The van der Waals surface area contributed by atoms with Gasteiger partial charge in [-0.25, -0.2) is 4.79 Å². The third-order valence-electron chi connectivity index (χ3n) is 3.53. The number of amides is 1. The van der Waals surface area contributed by atoms with Gasteiger partial charge in [0.2, 0.25) is 0 Å². The van der Waals surface area contributed by atoms with Crippen molar-refractivity contribution in [2.75, 3.05) is 0 Å². The maximum absolute atomic E-state index is 12.4. The fourth-order valence-corrected chi connectivity index (χ4v) is 2.59. The van der Waals surface area contributed by atoms with Crippen molar-refractivity contribution in [1.82, 2.24) is 4.90 Å². The van der Waals surface area contributed by atoms with E-state index in [-0.39, 0.29) is 12.1 Å². The van der Waals surface area contributed by atoms with Crippen LogP contribution in [-0.4, -0.2) is 22.6 Å². The number of ether oxygens (including phenoxy) is 1. The summed E-state index contributed by atoms with van der Waals surface area (Å²) in [4.78, 5) is 14.2. The molecule has 0 fully saturated rings. The Morgan fingerprint density at radius 2 is 2.00 bits per heavy atom. The SMILES string of the molecule is C/C=C1\c2ccccc2CN(C(=O)OC(C)(C)C)[C@H]1C. The first kappa shape index (κ1) is 14.6. The summed E-state index contributed by atoms with van der Waals surface area (Å²) in [6, 6.07) is 8.27. The molecule has 0 N–H and O–H groups in total. The molecule has 1 amide bonds. The molecule has 0 aliphatic carbocycles. The van der Waals surface area contributed by atoms with Crippen molar-refractivity contribution in [2.45, 2.75) is 52.8 Å². The van der Waals surface area contributed by atoms with Crippen LogP contribution in [0.4, 0.5) is 4.79 Å². The summed E-state index contributed by atoms with van der Waals surface area (Å²) in [5.74, 6) is 0. The number of allylic oxidation sites excluding steroid dienone is 1. The summed E-state index contributed by atoms with van der Waals surface area (Å²) in [7, 11) is 0. The van der Waals surface area contributed by atoms with Gasteiger partial charge in [0, 0.05) is 0 Å². The summed E-state index contributed by atoms with van der Waals surface area (Å²) in [5.41, 5.74) is 3.12. The molecule has 3 nitrogen and oxygen atoms in total. The Balaban J connectivity index is 2.33. The van der Waals surface area contributed by atoms with Crippen molar-refractivity contribution in [3.8, 4) is 0 Å². The highest BCUT2D eigenvalue weighted by atomic mass is 16.6. The Bertz CT molecular complexity index is 540. The zero-order valence-electron chi connectivity index (χ0n) is 12.9. The molecule has 3 heteroatoms. The van der Waals surface area contributed by atoms with E-state index in [0.29, 0.717) is 6.54 Å². The van der Waals surface area contributed by atoms with Gasteiger partial charge in [0.15, 0.2) is 0 Å². The standard InChI is InChI=1S/C17H23NO2/c1-6-14-12(2)18(16(19)20-17(3,4)5)11-13-9-7-8-10-15(13)14/h6-10,12H,11H2,1-5H3/b14-6-/t12-/m0/s1. The molecule has 0 saturated heterocycles. The molecule has 0 radical (unpaired) electrons. The number of benzene rings is 1. The lowest BCUT2D eigenvalue weighted by molar-refractivity contribution is 0.0192. The monoisotopic (exact) mass is 273 g/mol. The number of hydrogen-bond donors (Lipinski definition) is 0. The van der Waals surface area contributed by atoms with Crippen LogP contribution in [0.25, 0.3) is 5.57 Å². The highest BCUT2D eigenvalue weighted by Crippen LogP contribution is 2.33. The molecule has 1 atom stereocenters. The predicted molar refractivity (Wildman–Crippen MR) is 81.3 cm³/mol. The van der Waals surface area contributed by atoms with Gasteiger partial charge in [0.25, 0.3) is 0 Å². The number of carbonyl (C=O) groups excluding carboxylic acids is 1. The number of fused-ring (bicyclic) bond motifs is 1. The molecule has 0 unspecified atom stereocenters. The second kappa shape index (κ2) is 5.31. The molecule has 1 aliphatic heterocycles. The lowest BCUT2D eigenvalue weighted by atomic mass is 9.89. The highest BCUT2D eigenvalue weighted by Gasteiger charge is 2.32. The van der Waals surface area contributed by atoms with Crippen molar-refractivity contribution < 1.29 is 9.53 Å². The Hall–Kier alpha value is -1.77. The van der Waals surface area contributed by atoms with Gasteiger partial charge in [-0.2, -0.15) is 0 Å². The zero-order chi connectivity index (χ0) is 14.9. The first-order valence-corrected chi connectivity index (χ1v) is 7.07. The largest absolute Gasteiger partial charge is 0.444 e. The minimum Gasteiger partial charge on any atom is -0.444 e. The summed E-state index contributed by atoms with van der Waals surface area (Å²) in [6.45, 7) is 10.3. The van der Waals surface area contributed by atoms with Gasteiger partial charge in [-0.15, -0.1) is 0 Å². The number of rotatable bonds is 0. The number of carbonyl (C=O) groups is 1. The van der Waals surface area contributed by atoms with Crippen molar-refractivity contribution in [2.24, 2.45) is 0 Å². The van der Waals surface area contributed by atoms with E-state index in [1.807, 2.05) is 39.8 Å². The van der Waals surface area contributed by atoms with Crippen molar-refractivity contribution in [3.05, 3.63) is 41.5 Å². The first-order valence-electron chi connectivity index (χ1n) is 7.07. The van der Waals surface area contributed by atoms with E-state index in [1.165, 1.54) is 16.7 Å². The summed E-state index contributed by atoms with van der Waals surface area (Å²) in [5, 5.41) is 0. The topological polar surface area (TPSA) is 29.5 Å². The normalized spacial score (nSPS) is 20.8. The molecule has 0 spiro atoms. The van der Waals surface area contributed by atoms with Crippen LogP contribution in [0.15, 0.2) is 30.3 Å². The average Bonchev–Trinajstić information content (AvgIpc) is 2.36. The van der Waals surface area contributed by atoms with Crippen LogP contribution in [0, 0.1) is 0 Å². The van der Waals surface area contributed by atoms with Crippen LogP contribution >= 0.6 is 0 Å². The predicted octanol–water partition coefficient (Wildman–Crippen LogP) is 4.23. The molecule has 20 heavy (non-hydrogen) atoms. The Labute approximate surface area is 121 Å². The van der Waals surface area contributed by atoms with E-state index in [1.54, 1.807) is 4.90 Å². The van der Waals surface area contributed by atoms with Gasteiger partial charge in [0.1, 0.15) is 5.60 Å². The number of hydrogen-bond acceptors (Lipinski definition) is 2. The summed E-state index contributed by atoms with van der Waals surface area (Å²) < 4.78 is 5.52. The smallest absolute Gasteiger partial charge is 0.411 e. The highest BCUT2D eigenvalue weighted by molar-refractivity contribution is 5.79. The fraction of sp³-hybridized carbons (Fsp3) is 0.471. The van der Waals surface area contributed by atoms with E-state index in [0.717, 1.165) is 0 Å². The van der Waals surface area contributed by atoms with Gasteiger partial charge >= 0.3 is 6.09 Å². The van der Waals surface area contributed by atoms with Crippen molar-refractivity contribution >= 4 is 11.7 Å². The molecule has 1 aromatic rings.